The number of aromatic nitrogens is 1. The highest BCUT2D eigenvalue weighted by Gasteiger charge is 2.24. The van der Waals surface area contributed by atoms with Gasteiger partial charge in [0.05, 0.1) is 10.6 Å². The summed E-state index contributed by atoms with van der Waals surface area (Å²) >= 11 is 4.75. The van der Waals surface area contributed by atoms with Crippen LogP contribution in [0, 0.1) is 5.92 Å². The summed E-state index contributed by atoms with van der Waals surface area (Å²) in [6, 6.07) is 4.54. The molecule has 2 aromatic rings. The summed E-state index contributed by atoms with van der Waals surface area (Å²) < 4.78 is 26.3. The van der Waals surface area contributed by atoms with Crippen LogP contribution in [-0.4, -0.2) is 37.7 Å². The van der Waals surface area contributed by atoms with Gasteiger partial charge in [-0.05, 0) is 59.3 Å². The molecule has 0 aliphatic heterocycles. The zero-order valence-electron chi connectivity index (χ0n) is 14.7. The second kappa shape index (κ2) is 7.38. The number of benzene rings is 1. The van der Waals surface area contributed by atoms with Crippen molar-refractivity contribution in [2.75, 3.05) is 19.4 Å². The lowest BCUT2D eigenvalue weighted by molar-refractivity contribution is 0.102. The molecule has 1 N–H and O–H groups in total. The third-order valence-electron chi connectivity index (χ3n) is 4.36. The standard InChI is InChI=1S/C17H20BrN3O3S2/c1-10-4-7-13-14(8-10)25-17(19-13)20-16(22)11-5-6-12(18)15(9-11)26(23,24)21(2)3/h5-6,9-10H,4,7-8H2,1-3H3,(H,19,20,22). The van der Waals surface area contributed by atoms with Gasteiger partial charge in [-0.25, -0.2) is 17.7 Å². The minimum Gasteiger partial charge on any atom is -0.298 e. The van der Waals surface area contributed by atoms with E-state index in [-0.39, 0.29) is 16.4 Å². The lowest BCUT2D eigenvalue weighted by Crippen LogP contribution is -2.23. The van der Waals surface area contributed by atoms with E-state index in [1.165, 1.54) is 36.4 Å². The summed E-state index contributed by atoms with van der Waals surface area (Å²) in [6.45, 7) is 2.22. The fourth-order valence-corrected chi connectivity index (χ4v) is 5.81. The zero-order valence-corrected chi connectivity index (χ0v) is 18.0. The summed E-state index contributed by atoms with van der Waals surface area (Å²) in [5.41, 5.74) is 1.34. The number of carbonyl (C=O) groups excluding carboxylic acids is 1. The fourth-order valence-electron chi connectivity index (χ4n) is 2.80. The van der Waals surface area contributed by atoms with Crippen LogP contribution in [0.5, 0.6) is 0 Å². The average Bonchev–Trinajstić information content (AvgIpc) is 2.96. The molecule has 0 fully saturated rings. The number of sulfonamides is 1. The molecule has 1 heterocycles. The Morgan fingerprint density at radius 1 is 1.38 bits per heavy atom. The van der Waals surface area contributed by atoms with Gasteiger partial charge in [-0.3, -0.25) is 10.1 Å². The molecule has 0 bridgehead atoms. The topological polar surface area (TPSA) is 79.4 Å². The van der Waals surface area contributed by atoms with Gasteiger partial charge in [-0.15, -0.1) is 11.3 Å². The van der Waals surface area contributed by atoms with E-state index < -0.39 is 10.0 Å². The van der Waals surface area contributed by atoms with E-state index in [4.69, 9.17) is 0 Å². The van der Waals surface area contributed by atoms with Gasteiger partial charge in [0.15, 0.2) is 5.13 Å². The number of nitrogens with zero attached hydrogens (tertiary/aromatic N) is 2. The van der Waals surface area contributed by atoms with E-state index in [2.05, 4.69) is 33.2 Å². The van der Waals surface area contributed by atoms with Crippen LogP contribution in [0.15, 0.2) is 27.6 Å². The minimum atomic E-state index is -3.65. The molecular weight excluding hydrogens is 438 g/mol. The Hall–Kier alpha value is -1.29. The first-order valence-corrected chi connectivity index (χ1v) is 11.3. The molecule has 26 heavy (non-hydrogen) atoms. The second-order valence-corrected chi connectivity index (χ2v) is 10.7. The van der Waals surface area contributed by atoms with Crippen molar-refractivity contribution in [3.63, 3.8) is 0 Å². The molecule has 1 aromatic carbocycles. The normalized spacial score (nSPS) is 17.2. The molecule has 1 aliphatic carbocycles. The van der Waals surface area contributed by atoms with Crippen LogP contribution in [0.1, 0.15) is 34.3 Å². The van der Waals surface area contributed by atoms with Crippen LogP contribution in [0.4, 0.5) is 5.13 Å². The highest BCUT2D eigenvalue weighted by Crippen LogP contribution is 2.32. The number of rotatable bonds is 4. The van der Waals surface area contributed by atoms with E-state index >= 15 is 0 Å². The maximum Gasteiger partial charge on any atom is 0.257 e. The molecule has 0 saturated heterocycles. The van der Waals surface area contributed by atoms with Gasteiger partial charge in [0.2, 0.25) is 10.0 Å². The molecule has 6 nitrogen and oxygen atoms in total. The molecule has 1 atom stereocenters. The Balaban J connectivity index is 1.85. The largest absolute Gasteiger partial charge is 0.298 e. The van der Waals surface area contributed by atoms with Gasteiger partial charge in [0.25, 0.3) is 5.91 Å². The van der Waals surface area contributed by atoms with Crippen molar-refractivity contribution in [2.24, 2.45) is 5.92 Å². The lowest BCUT2D eigenvalue weighted by Gasteiger charge is -2.15. The molecule has 9 heteroatoms. The van der Waals surface area contributed by atoms with Crippen molar-refractivity contribution in [3.05, 3.63) is 38.8 Å². The van der Waals surface area contributed by atoms with Crippen molar-refractivity contribution in [2.45, 2.75) is 31.1 Å². The zero-order chi connectivity index (χ0) is 19.1. The van der Waals surface area contributed by atoms with Crippen LogP contribution in [0.3, 0.4) is 0 Å². The number of hydrogen-bond acceptors (Lipinski definition) is 5. The van der Waals surface area contributed by atoms with Crippen molar-refractivity contribution in [1.82, 2.24) is 9.29 Å². The Bertz CT molecular complexity index is 954. The third-order valence-corrected chi connectivity index (χ3v) is 8.20. The Morgan fingerprint density at radius 2 is 2.12 bits per heavy atom. The van der Waals surface area contributed by atoms with Gasteiger partial charge in [-0.1, -0.05) is 6.92 Å². The van der Waals surface area contributed by atoms with Crippen LogP contribution >= 0.6 is 27.3 Å². The highest BCUT2D eigenvalue weighted by atomic mass is 79.9. The van der Waals surface area contributed by atoms with E-state index in [0.29, 0.717) is 15.5 Å². The number of halogens is 1. The van der Waals surface area contributed by atoms with Gasteiger partial charge in [0.1, 0.15) is 0 Å². The van der Waals surface area contributed by atoms with Crippen molar-refractivity contribution in [1.29, 1.82) is 0 Å². The average molecular weight is 458 g/mol. The summed E-state index contributed by atoms with van der Waals surface area (Å²) in [6.07, 6.45) is 3.04. The van der Waals surface area contributed by atoms with Crippen molar-refractivity contribution in [3.8, 4) is 0 Å². The number of nitrogens with one attached hydrogen (secondary N) is 1. The smallest absolute Gasteiger partial charge is 0.257 e. The Labute approximate surface area is 165 Å². The molecule has 1 aromatic heterocycles. The van der Waals surface area contributed by atoms with Gasteiger partial charge in [0, 0.05) is 29.0 Å². The summed E-state index contributed by atoms with van der Waals surface area (Å²) in [5, 5.41) is 3.37. The summed E-state index contributed by atoms with van der Waals surface area (Å²) in [7, 11) is -0.743. The molecule has 1 unspecified atom stereocenters. The number of aryl methyl sites for hydroxylation is 1. The Kier molecular flexibility index (Phi) is 5.53. The van der Waals surface area contributed by atoms with Crippen molar-refractivity contribution < 1.29 is 13.2 Å². The molecule has 0 saturated carbocycles. The highest BCUT2D eigenvalue weighted by molar-refractivity contribution is 9.10. The first kappa shape index (κ1) is 19.5. The summed E-state index contributed by atoms with van der Waals surface area (Å²) in [5.74, 6) is 0.267. The van der Waals surface area contributed by atoms with E-state index in [9.17, 15) is 13.2 Å². The van der Waals surface area contributed by atoms with Crippen molar-refractivity contribution >= 4 is 48.3 Å². The van der Waals surface area contributed by atoms with E-state index in [1.807, 2.05) is 0 Å². The second-order valence-electron chi connectivity index (χ2n) is 6.62. The van der Waals surface area contributed by atoms with E-state index in [1.54, 1.807) is 12.1 Å². The number of amides is 1. The maximum atomic E-state index is 12.6. The monoisotopic (exact) mass is 457 g/mol. The molecular formula is C17H20BrN3O3S2. The molecule has 1 amide bonds. The van der Waals surface area contributed by atoms with Crippen LogP contribution in [0.25, 0.3) is 0 Å². The molecule has 1 aliphatic rings. The van der Waals surface area contributed by atoms with Crippen LogP contribution in [0.2, 0.25) is 0 Å². The Morgan fingerprint density at radius 3 is 2.81 bits per heavy atom. The number of carbonyl (C=O) groups is 1. The van der Waals surface area contributed by atoms with Crippen LogP contribution < -0.4 is 5.32 Å². The third kappa shape index (κ3) is 3.85. The quantitative estimate of drug-likeness (QED) is 0.761. The summed E-state index contributed by atoms with van der Waals surface area (Å²) in [4.78, 5) is 18.4. The minimum absolute atomic E-state index is 0.0578. The molecule has 140 valence electrons. The lowest BCUT2D eigenvalue weighted by atomic mass is 9.93. The SMILES string of the molecule is CC1CCc2nc(NC(=O)c3ccc(Br)c(S(=O)(=O)N(C)C)c3)sc2C1. The number of fused-ring (bicyclic) bond motifs is 1. The van der Waals surface area contributed by atoms with Gasteiger partial charge >= 0.3 is 0 Å². The van der Waals surface area contributed by atoms with Gasteiger partial charge < -0.3 is 0 Å². The first-order chi connectivity index (χ1) is 12.2. The van der Waals surface area contributed by atoms with E-state index in [0.717, 1.165) is 29.3 Å². The fraction of sp³-hybridized carbons (Fsp3) is 0.412. The first-order valence-electron chi connectivity index (χ1n) is 8.20. The number of anilines is 1. The molecule has 0 spiro atoms. The number of thiazole rings is 1. The van der Waals surface area contributed by atoms with Gasteiger partial charge in [-0.2, -0.15) is 0 Å². The van der Waals surface area contributed by atoms with Crippen LogP contribution in [-0.2, 0) is 22.9 Å². The predicted octanol–water partition coefficient (Wildman–Crippen LogP) is 3.53. The predicted molar refractivity (Wildman–Crippen MR) is 106 cm³/mol. The molecule has 0 radical (unpaired) electrons. The maximum absolute atomic E-state index is 12.6. The number of hydrogen-bond donors (Lipinski definition) is 1. The molecule has 3 rings (SSSR count).